The summed E-state index contributed by atoms with van der Waals surface area (Å²) >= 11 is 1.43. The smallest absolute Gasteiger partial charge is 0.269 e. The number of aromatic nitrogens is 5. The molecule has 1 N–H and O–H groups in total. The topological polar surface area (TPSA) is 136 Å². The number of thiazole rings is 1. The van der Waals surface area contributed by atoms with Crippen molar-refractivity contribution in [2.75, 3.05) is 5.32 Å². The molecule has 6 rings (SSSR count). The van der Waals surface area contributed by atoms with Crippen LogP contribution in [0.1, 0.15) is 43.8 Å². The Morgan fingerprint density at radius 2 is 1.92 bits per heavy atom. The molecule has 1 fully saturated rings. The molecule has 4 heterocycles. The van der Waals surface area contributed by atoms with Gasteiger partial charge in [-0.1, -0.05) is 18.2 Å². The van der Waals surface area contributed by atoms with Crippen LogP contribution < -0.4 is 5.32 Å². The first-order valence-corrected chi connectivity index (χ1v) is 15.1. The number of nitriles is 1. The van der Waals surface area contributed by atoms with Crippen LogP contribution in [0.15, 0.2) is 64.6 Å². The minimum absolute atomic E-state index is 0.0270. The van der Waals surface area contributed by atoms with Crippen molar-refractivity contribution in [3.8, 4) is 6.07 Å². The fourth-order valence-corrected chi connectivity index (χ4v) is 7.27. The summed E-state index contributed by atoms with van der Waals surface area (Å²) in [5, 5.41) is 14.6. The third-order valence-corrected chi connectivity index (χ3v) is 9.58. The first kappa shape index (κ1) is 25.2. The van der Waals surface area contributed by atoms with Gasteiger partial charge in [-0.15, -0.1) is 11.3 Å². The molecular weight excluding hydrogens is 534 g/mol. The van der Waals surface area contributed by atoms with Crippen LogP contribution in [0.2, 0.25) is 0 Å². The highest BCUT2D eigenvalue weighted by Gasteiger charge is 2.29. The van der Waals surface area contributed by atoms with E-state index in [0.29, 0.717) is 40.5 Å². The summed E-state index contributed by atoms with van der Waals surface area (Å²) in [6.45, 7) is 0. The second kappa shape index (κ2) is 10.2. The molecule has 1 saturated carbocycles. The summed E-state index contributed by atoms with van der Waals surface area (Å²) in [6.07, 6.45) is 7.15. The molecule has 0 bridgehead atoms. The van der Waals surface area contributed by atoms with E-state index in [1.165, 1.54) is 21.5 Å². The number of carbonyl (C=O) groups is 1. The van der Waals surface area contributed by atoms with Gasteiger partial charge in [0.2, 0.25) is 11.9 Å². The molecule has 0 spiro atoms. The number of pyridine rings is 1. The van der Waals surface area contributed by atoms with Gasteiger partial charge in [0.25, 0.3) is 10.0 Å². The van der Waals surface area contributed by atoms with Crippen LogP contribution in [0.5, 0.6) is 0 Å². The maximum Gasteiger partial charge on any atom is 0.269 e. The third-order valence-electron chi connectivity index (χ3n) is 7.27. The average Bonchev–Trinajstić information content (AvgIpc) is 3.68. The molecule has 4 aromatic heterocycles. The fourth-order valence-electron chi connectivity index (χ4n) is 5.39. The van der Waals surface area contributed by atoms with Crippen molar-refractivity contribution in [3.05, 3.63) is 65.4 Å². The molecule has 0 unspecified atom stereocenters. The van der Waals surface area contributed by atoms with Gasteiger partial charge in [-0.25, -0.2) is 27.3 Å². The summed E-state index contributed by atoms with van der Waals surface area (Å²) < 4.78 is 30.1. The van der Waals surface area contributed by atoms with Crippen molar-refractivity contribution in [1.82, 2.24) is 23.5 Å². The number of carbonyl (C=O) groups excluding carboxylic acids is 1. The lowest BCUT2D eigenvalue weighted by molar-refractivity contribution is -0.115. The van der Waals surface area contributed by atoms with E-state index in [9.17, 15) is 13.2 Å². The van der Waals surface area contributed by atoms with E-state index in [0.717, 1.165) is 31.2 Å². The number of amides is 1. The SMILES string of the molecule is N#CCC1CCC(n2c(NC(=O)Cc3cscn3)nc3cnc4c(ccn4S(=O)(=O)c4ccccc4)c32)CC1. The van der Waals surface area contributed by atoms with Gasteiger partial charge in [-0.05, 0) is 49.8 Å². The van der Waals surface area contributed by atoms with Gasteiger partial charge < -0.3 is 4.57 Å². The molecule has 0 atom stereocenters. The quantitative estimate of drug-likeness (QED) is 0.299. The zero-order valence-corrected chi connectivity index (χ0v) is 22.5. The Morgan fingerprint density at radius 3 is 2.64 bits per heavy atom. The number of imidazole rings is 1. The van der Waals surface area contributed by atoms with Crippen molar-refractivity contribution in [3.63, 3.8) is 0 Å². The maximum atomic E-state index is 13.4. The Hall–Kier alpha value is -4.08. The van der Waals surface area contributed by atoms with Gasteiger partial charge in [0.1, 0.15) is 5.52 Å². The minimum Gasteiger partial charge on any atom is -0.306 e. The Kier molecular flexibility index (Phi) is 6.62. The lowest BCUT2D eigenvalue weighted by Gasteiger charge is -2.29. The van der Waals surface area contributed by atoms with Crippen molar-refractivity contribution >= 4 is 55.3 Å². The lowest BCUT2D eigenvalue weighted by Crippen LogP contribution is -2.23. The summed E-state index contributed by atoms with van der Waals surface area (Å²) in [5.74, 6) is 0.522. The van der Waals surface area contributed by atoms with Gasteiger partial charge in [0.05, 0.1) is 40.3 Å². The molecule has 5 aromatic rings. The summed E-state index contributed by atoms with van der Waals surface area (Å²) in [7, 11) is -3.87. The van der Waals surface area contributed by atoms with Crippen molar-refractivity contribution in [1.29, 1.82) is 5.26 Å². The van der Waals surface area contributed by atoms with Crippen LogP contribution in [0.3, 0.4) is 0 Å². The van der Waals surface area contributed by atoms with Crippen LogP contribution in [0.4, 0.5) is 5.95 Å². The van der Waals surface area contributed by atoms with Crippen LogP contribution in [-0.2, 0) is 21.2 Å². The first-order chi connectivity index (χ1) is 19.0. The number of fused-ring (bicyclic) bond motifs is 3. The van der Waals surface area contributed by atoms with Gasteiger partial charge in [0, 0.05) is 29.4 Å². The normalized spacial score (nSPS) is 17.8. The highest BCUT2D eigenvalue weighted by Crippen LogP contribution is 2.39. The number of hydrogen-bond acceptors (Lipinski definition) is 8. The number of anilines is 1. The summed E-state index contributed by atoms with van der Waals surface area (Å²) in [6, 6.07) is 12.3. The molecule has 10 nitrogen and oxygen atoms in total. The Balaban J connectivity index is 1.46. The first-order valence-electron chi connectivity index (χ1n) is 12.7. The highest BCUT2D eigenvalue weighted by atomic mass is 32.2. The highest BCUT2D eigenvalue weighted by molar-refractivity contribution is 7.90. The molecule has 198 valence electrons. The minimum atomic E-state index is -3.87. The Morgan fingerprint density at radius 1 is 1.13 bits per heavy atom. The number of nitrogens with zero attached hydrogens (tertiary/aromatic N) is 6. The van der Waals surface area contributed by atoms with E-state index in [2.05, 4.69) is 21.4 Å². The standard InChI is InChI=1S/C27H25N7O3S2/c28-12-10-18-6-8-20(9-7-18)34-25-22-11-13-33(39(36,37)21-4-2-1-3-5-21)26(22)29-15-23(25)31-27(34)32-24(35)14-19-16-38-17-30-19/h1-5,11,13,15-18,20H,6-10,14H2,(H,31,32,35). The number of nitrogens with one attached hydrogen (secondary N) is 1. The van der Waals surface area contributed by atoms with Crippen molar-refractivity contribution in [2.45, 2.75) is 49.5 Å². The molecule has 12 heteroatoms. The van der Waals surface area contributed by atoms with E-state index in [-0.39, 0.29) is 23.3 Å². The zero-order chi connectivity index (χ0) is 27.0. The zero-order valence-electron chi connectivity index (χ0n) is 20.9. The number of rotatable bonds is 7. The van der Waals surface area contributed by atoms with Crippen LogP contribution >= 0.6 is 11.3 Å². The molecule has 1 aromatic carbocycles. The Labute approximate surface area is 229 Å². The fraction of sp³-hybridized carbons (Fsp3) is 0.296. The van der Waals surface area contributed by atoms with Crippen LogP contribution in [0, 0.1) is 17.2 Å². The largest absolute Gasteiger partial charge is 0.306 e. The van der Waals surface area contributed by atoms with E-state index >= 15 is 0 Å². The van der Waals surface area contributed by atoms with Gasteiger partial charge >= 0.3 is 0 Å². The van der Waals surface area contributed by atoms with Crippen molar-refractivity contribution < 1.29 is 13.2 Å². The molecule has 0 saturated heterocycles. The lowest BCUT2D eigenvalue weighted by atomic mass is 9.84. The second-order valence-corrected chi connectivity index (χ2v) is 12.2. The third kappa shape index (κ3) is 4.68. The van der Waals surface area contributed by atoms with E-state index < -0.39 is 10.0 Å². The van der Waals surface area contributed by atoms with Gasteiger partial charge in [-0.3, -0.25) is 10.1 Å². The Bertz CT molecular complexity index is 1790. The van der Waals surface area contributed by atoms with E-state index in [1.807, 2.05) is 9.95 Å². The average molecular weight is 560 g/mol. The molecule has 1 aliphatic carbocycles. The predicted molar refractivity (Wildman–Crippen MR) is 148 cm³/mol. The summed E-state index contributed by atoms with van der Waals surface area (Å²) in [4.78, 5) is 26.5. The van der Waals surface area contributed by atoms with Crippen LogP contribution in [0.25, 0.3) is 22.1 Å². The van der Waals surface area contributed by atoms with E-state index in [4.69, 9.17) is 10.2 Å². The van der Waals surface area contributed by atoms with Gasteiger partial charge in [-0.2, -0.15) is 5.26 Å². The maximum absolute atomic E-state index is 13.4. The molecule has 0 radical (unpaired) electrons. The van der Waals surface area contributed by atoms with Crippen molar-refractivity contribution in [2.24, 2.45) is 5.92 Å². The number of hydrogen-bond donors (Lipinski definition) is 1. The monoisotopic (exact) mass is 559 g/mol. The molecular formula is C27H25N7O3S2. The van der Waals surface area contributed by atoms with Gasteiger partial charge in [0.15, 0.2) is 5.65 Å². The molecule has 0 aliphatic heterocycles. The van der Waals surface area contributed by atoms with E-state index in [1.54, 1.807) is 48.1 Å². The second-order valence-electron chi connectivity index (χ2n) is 9.71. The van der Waals surface area contributed by atoms with Crippen LogP contribution in [-0.4, -0.2) is 37.8 Å². The molecule has 1 amide bonds. The number of benzene rings is 1. The molecule has 39 heavy (non-hydrogen) atoms. The summed E-state index contributed by atoms with van der Waals surface area (Å²) in [5.41, 5.74) is 3.97. The predicted octanol–water partition coefficient (Wildman–Crippen LogP) is 4.91. The molecule has 1 aliphatic rings.